The Hall–Kier alpha value is -5.18. The fourth-order valence-corrected chi connectivity index (χ4v) is 5.77. The molecule has 0 saturated carbocycles. The summed E-state index contributed by atoms with van der Waals surface area (Å²) in [7, 11) is 0. The maximum absolute atomic E-state index is 13.9. The number of nitrogens with two attached hydrogens (primary N) is 2. The minimum Gasteiger partial charge on any atom is -0.481 e. The molecule has 0 radical (unpaired) electrons. The fraction of sp³-hybridized carbons (Fsp3) is 0.441. The summed E-state index contributed by atoms with van der Waals surface area (Å²) in [5.74, 6) is -5.21. The second-order valence-electron chi connectivity index (χ2n) is 12.0. The van der Waals surface area contributed by atoms with Gasteiger partial charge in [0.25, 0.3) is 0 Å². The minimum absolute atomic E-state index is 0.0394. The number of aliphatic carboxylic acids is 1. The summed E-state index contributed by atoms with van der Waals surface area (Å²) in [6, 6.07) is 12.6. The predicted octanol–water partition coefficient (Wildman–Crippen LogP) is 0.584. The quantitative estimate of drug-likeness (QED) is 0.0465. The lowest BCUT2D eigenvalue weighted by Crippen LogP contribution is -2.60. The second-order valence-corrected chi connectivity index (χ2v) is 12.3. The molecule has 3 rings (SSSR count). The molecule has 15 nitrogen and oxygen atoms in total. The van der Waals surface area contributed by atoms with E-state index < -0.39 is 72.0 Å². The molecule has 1 unspecified atom stereocenters. The summed E-state index contributed by atoms with van der Waals surface area (Å²) in [6.45, 7) is 0.445. The molecule has 0 bridgehead atoms. The van der Waals surface area contributed by atoms with Gasteiger partial charge in [0.2, 0.25) is 29.5 Å². The van der Waals surface area contributed by atoms with Gasteiger partial charge in [-0.1, -0.05) is 54.6 Å². The highest BCUT2D eigenvalue weighted by Gasteiger charge is 2.38. The van der Waals surface area contributed by atoms with Crippen molar-refractivity contribution >= 4 is 53.1 Å². The molecule has 0 aromatic heterocycles. The molecule has 1 aliphatic rings. The number of nitrogens with one attached hydrogen (secondary N) is 5. The van der Waals surface area contributed by atoms with E-state index in [-0.39, 0.29) is 44.7 Å². The molecular weight excluding hydrogens is 668 g/mol. The number of carboxylic acids is 1. The summed E-state index contributed by atoms with van der Waals surface area (Å²) < 4.78 is 0. The van der Waals surface area contributed by atoms with Crippen molar-refractivity contribution in [2.24, 2.45) is 11.5 Å². The molecule has 4 atom stereocenters. The van der Waals surface area contributed by atoms with E-state index in [1.54, 1.807) is 0 Å². The predicted molar refractivity (Wildman–Crippen MR) is 187 cm³/mol. The number of nitrogens with zero attached hydrogens (tertiary/aromatic N) is 1. The highest BCUT2D eigenvalue weighted by atomic mass is 35.5. The Morgan fingerprint density at radius 2 is 1.56 bits per heavy atom. The van der Waals surface area contributed by atoms with Gasteiger partial charge in [0.1, 0.15) is 30.0 Å². The SMILES string of the molecule is N=C(N)NCCC[C@H](NC(=O)C(Cc1ccc(-c2ccccc2)cc1)NC(=O)[C@@H]1CCCCN1C(=O)[C@H](CCC(=O)O)NC(=O)CCl)C(N)=O. The number of benzene rings is 2. The number of carbonyl (C=O) groups excluding carboxylic acids is 5. The van der Waals surface area contributed by atoms with Crippen molar-refractivity contribution in [1.29, 1.82) is 5.41 Å². The maximum atomic E-state index is 13.9. The molecule has 50 heavy (non-hydrogen) atoms. The van der Waals surface area contributed by atoms with E-state index in [0.29, 0.717) is 24.8 Å². The smallest absolute Gasteiger partial charge is 0.303 e. The third-order valence-corrected chi connectivity index (χ3v) is 8.51. The topological polar surface area (TPSA) is 250 Å². The van der Waals surface area contributed by atoms with E-state index in [9.17, 15) is 33.9 Å². The number of carboxylic acid groups (broad SMARTS) is 1. The van der Waals surface area contributed by atoms with Gasteiger partial charge in [-0.2, -0.15) is 0 Å². The van der Waals surface area contributed by atoms with Crippen LogP contribution in [0.3, 0.4) is 0 Å². The van der Waals surface area contributed by atoms with Crippen LogP contribution in [0.2, 0.25) is 0 Å². The van der Waals surface area contributed by atoms with E-state index in [4.69, 9.17) is 28.5 Å². The van der Waals surface area contributed by atoms with Crippen molar-refractivity contribution in [2.75, 3.05) is 19.0 Å². The zero-order chi connectivity index (χ0) is 36.6. The molecule has 10 N–H and O–H groups in total. The highest BCUT2D eigenvalue weighted by molar-refractivity contribution is 6.27. The number of likely N-dealkylation sites (tertiary alicyclic amines) is 1. The Balaban J connectivity index is 1.85. The molecule has 1 saturated heterocycles. The van der Waals surface area contributed by atoms with Gasteiger partial charge in [-0.25, -0.2) is 0 Å². The number of alkyl halides is 1. The minimum atomic E-state index is -1.22. The van der Waals surface area contributed by atoms with Crippen molar-refractivity contribution in [3.63, 3.8) is 0 Å². The molecule has 1 aliphatic heterocycles. The normalized spacial score (nSPS) is 15.9. The summed E-state index contributed by atoms with van der Waals surface area (Å²) >= 11 is 5.62. The highest BCUT2D eigenvalue weighted by Crippen LogP contribution is 2.22. The van der Waals surface area contributed by atoms with Crippen LogP contribution in [0, 0.1) is 5.41 Å². The van der Waals surface area contributed by atoms with Crippen LogP contribution in [-0.2, 0) is 35.2 Å². The first-order valence-electron chi connectivity index (χ1n) is 16.4. The van der Waals surface area contributed by atoms with Gasteiger partial charge >= 0.3 is 5.97 Å². The Morgan fingerprint density at radius 3 is 2.18 bits per heavy atom. The van der Waals surface area contributed by atoms with E-state index in [1.165, 1.54) is 4.90 Å². The summed E-state index contributed by atoms with van der Waals surface area (Å²) in [4.78, 5) is 78.2. The maximum Gasteiger partial charge on any atom is 0.303 e. The molecule has 1 fully saturated rings. The fourth-order valence-electron chi connectivity index (χ4n) is 5.69. The van der Waals surface area contributed by atoms with Crippen LogP contribution >= 0.6 is 11.6 Å². The average molecular weight is 713 g/mol. The molecule has 0 aliphatic carbocycles. The molecule has 1 heterocycles. The number of rotatable bonds is 18. The van der Waals surface area contributed by atoms with Crippen LogP contribution in [-0.4, -0.2) is 94.6 Å². The Morgan fingerprint density at radius 1 is 0.880 bits per heavy atom. The molecule has 0 spiro atoms. The van der Waals surface area contributed by atoms with Gasteiger partial charge in [0.05, 0.1) is 0 Å². The Bertz CT molecular complexity index is 1510. The van der Waals surface area contributed by atoms with Crippen molar-refractivity contribution in [2.45, 2.75) is 75.5 Å². The third kappa shape index (κ3) is 12.4. The van der Waals surface area contributed by atoms with E-state index in [1.807, 2.05) is 54.6 Å². The first-order valence-corrected chi connectivity index (χ1v) is 16.9. The van der Waals surface area contributed by atoms with Crippen molar-refractivity contribution in [3.05, 3.63) is 60.2 Å². The van der Waals surface area contributed by atoms with Gasteiger partial charge in [-0.3, -0.25) is 34.2 Å². The molecule has 2 aromatic rings. The lowest BCUT2D eigenvalue weighted by molar-refractivity contribution is -0.146. The van der Waals surface area contributed by atoms with E-state index in [2.05, 4.69) is 21.3 Å². The zero-order valence-corrected chi connectivity index (χ0v) is 28.4. The number of piperidine rings is 1. The van der Waals surface area contributed by atoms with Gasteiger partial charge in [0.15, 0.2) is 5.96 Å². The monoisotopic (exact) mass is 712 g/mol. The summed E-state index contributed by atoms with van der Waals surface area (Å²) in [6.07, 6.45) is 1.37. The molecular formula is C34H45ClN8O7. The molecule has 2 aromatic carbocycles. The number of carbonyl (C=O) groups is 6. The number of halogens is 1. The second kappa shape index (κ2) is 19.7. The number of hydrogen-bond donors (Lipinski definition) is 8. The van der Waals surface area contributed by atoms with E-state index in [0.717, 1.165) is 11.1 Å². The van der Waals surface area contributed by atoms with Gasteiger partial charge in [-0.15, -0.1) is 11.6 Å². The van der Waals surface area contributed by atoms with Crippen LogP contribution in [0.1, 0.15) is 50.5 Å². The van der Waals surface area contributed by atoms with Crippen LogP contribution in [0.15, 0.2) is 54.6 Å². The molecule has 5 amide bonds. The number of guanidine groups is 1. The van der Waals surface area contributed by atoms with Crippen LogP contribution in [0.25, 0.3) is 11.1 Å². The largest absolute Gasteiger partial charge is 0.481 e. The zero-order valence-electron chi connectivity index (χ0n) is 27.7. The van der Waals surface area contributed by atoms with Crippen LogP contribution in [0.4, 0.5) is 0 Å². The Labute approximate surface area is 295 Å². The summed E-state index contributed by atoms with van der Waals surface area (Å²) in [5, 5.41) is 27.0. The first kappa shape index (κ1) is 39.3. The third-order valence-electron chi connectivity index (χ3n) is 8.27. The van der Waals surface area contributed by atoms with Crippen LogP contribution in [0.5, 0.6) is 0 Å². The molecule has 270 valence electrons. The van der Waals surface area contributed by atoms with Crippen molar-refractivity contribution < 1.29 is 33.9 Å². The lowest BCUT2D eigenvalue weighted by atomic mass is 9.97. The van der Waals surface area contributed by atoms with Gasteiger partial charge in [0, 0.05) is 25.9 Å². The van der Waals surface area contributed by atoms with Crippen molar-refractivity contribution in [1.82, 2.24) is 26.2 Å². The Kier molecular flexibility index (Phi) is 15.5. The van der Waals surface area contributed by atoms with Crippen LogP contribution < -0.4 is 32.7 Å². The number of hydrogen-bond acceptors (Lipinski definition) is 7. The first-order chi connectivity index (χ1) is 23.9. The van der Waals surface area contributed by atoms with Gasteiger partial charge in [-0.05, 0) is 55.2 Å². The number of amides is 5. The lowest BCUT2D eigenvalue weighted by Gasteiger charge is -2.37. The standard InChI is InChI=1S/C34H45ClN8O7/c35-20-28(44)40-25(15-16-29(45)46)33(50)43-18-5-4-10-27(43)32(49)42-26(31(48)41-24(30(36)47)9-6-17-39-34(37)38)19-21-11-13-23(14-12-21)22-7-2-1-3-8-22/h1-3,7-8,11-14,24-27H,4-6,9-10,15-20H2,(H2,36,47)(H,40,44)(H,41,48)(H,42,49)(H,45,46)(H4,37,38,39)/t24-,25-,26?,27-/m0/s1. The average Bonchev–Trinajstić information content (AvgIpc) is 3.10. The number of primary amides is 1. The molecule has 16 heteroatoms. The van der Waals surface area contributed by atoms with E-state index >= 15 is 0 Å². The summed E-state index contributed by atoms with van der Waals surface area (Å²) in [5.41, 5.74) is 13.6. The van der Waals surface area contributed by atoms with Gasteiger partial charge < -0.3 is 42.7 Å². The van der Waals surface area contributed by atoms with Crippen molar-refractivity contribution in [3.8, 4) is 11.1 Å².